The van der Waals surface area contributed by atoms with Crippen molar-refractivity contribution in [1.29, 1.82) is 0 Å². The van der Waals surface area contributed by atoms with Crippen molar-refractivity contribution in [2.24, 2.45) is 5.92 Å². The van der Waals surface area contributed by atoms with E-state index < -0.39 is 0 Å². The van der Waals surface area contributed by atoms with Crippen LogP contribution in [-0.2, 0) is 13.0 Å². The van der Waals surface area contributed by atoms with Crippen LogP contribution in [0.3, 0.4) is 0 Å². The summed E-state index contributed by atoms with van der Waals surface area (Å²) in [6, 6.07) is 0. The molecule has 78 valence electrons. The van der Waals surface area contributed by atoms with Crippen LogP contribution in [0.15, 0.2) is 0 Å². The molecule has 0 aliphatic carbocycles. The Hall–Kier alpha value is 0.790. The van der Waals surface area contributed by atoms with E-state index in [0.717, 1.165) is 32.4 Å². The van der Waals surface area contributed by atoms with Gasteiger partial charge in [0.25, 0.3) is 0 Å². The molecule has 0 bridgehead atoms. The third-order valence-electron chi connectivity index (χ3n) is 2.62. The minimum Gasteiger partial charge on any atom is -0.229 e. The summed E-state index contributed by atoms with van der Waals surface area (Å²) >= 11 is 0. The number of fused-ring (bicyclic) bond motifs is 1. The highest BCUT2D eigenvalue weighted by molar-refractivity contribution is 8.61. The Morgan fingerprint density at radius 2 is 2.43 bits per heavy atom. The van der Waals surface area contributed by atoms with Gasteiger partial charge >= 0.3 is 0 Å². The first kappa shape index (κ1) is 11.3. The summed E-state index contributed by atoms with van der Waals surface area (Å²) in [5, 5.41) is 11.8. The van der Waals surface area contributed by atoms with Crippen LogP contribution in [0, 0.1) is 5.92 Å². The Morgan fingerprint density at radius 3 is 3.14 bits per heavy atom. The Morgan fingerprint density at radius 1 is 1.64 bits per heavy atom. The highest BCUT2D eigenvalue weighted by Crippen LogP contribution is 2.71. The van der Waals surface area contributed by atoms with Crippen LogP contribution in [0.1, 0.15) is 12.7 Å². The SMILES string of the molecule is C[C@@H]1Cn2nnnc2C[C@@H]1P(P)PP. The van der Waals surface area contributed by atoms with Gasteiger partial charge in [-0.3, -0.25) is 0 Å². The van der Waals surface area contributed by atoms with E-state index in [-0.39, 0.29) is 7.30 Å². The van der Waals surface area contributed by atoms with Crippen LogP contribution in [0.2, 0.25) is 0 Å². The Balaban J connectivity index is 2.17. The van der Waals surface area contributed by atoms with Crippen LogP contribution in [0.4, 0.5) is 0 Å². The molecular weight excluding hydrogens is 252 g/mol. The van der Waals surface area contributed by atoms with Crippen molar-refractivity contribution in [2.75, 3.05) is 0 Å². The number of nitrogens with zero attached hydrogens (tertiary/aromatic N) is 4. The van der Waals surface area contributed by atoms with Gasteiger partial charge in [0, 0.05) is 13.0 Å². The number of rotatable bonds is 2. The van der Waals surface area contributed by atoms with Gasteiger partial charge in [-0.15, -0.1) is 23.0 Å². The van der Waals surface area contributed by atoms with E-state index in [1.165, 1.54) is 0 Å². The molecule has 1 aromatic rings. The molecule has 0 N–H and O–H groups in total. The van der Waals surface area contributed by atoms with Crippen molar-refractivity contribution in [1.82, 2.24) is 20.2 Å². The Labute approximate surface area is 91.0 Å². The van der Waals surface area contributed by atoms with E-state index in [1.807, 2.05) is 4.68 Å². The number of aromatic nitrogens is 4. The molecule has 0 fully saturated rings. The van der Waals surface area contributed by atoms with Gasteiger partial charge in [0.2, 0.25) is 0 Å². The van der Waals surface area contributed by atoms with Crippen molar-refractivity contribution in [2.45, 2.75) is 25.5 Å². The molecule has 1 aliphatic rings. The quantitative estimate of drug-likeness (QED) is 0.768. The number of hydrogen-bond donors (Lipinski definition) is 0. The monoisotopic (exact) mass is 266 g/mol. The van der Waals surface area contributed by atoms with Gasteiger partial charge in [-0.05, 0) is 22.0 Å². The lowest BCUT2D eigenvalue weighted by Gasteiger charge is -2.32. The molecule has 0 spiro atoms. The highest BCUT2D eigenvalue weighted by Gasteiger charge is 2.30. The maximum Gasteiger partial charge on any atom is 0.151 e. The smallest absolute Gasteiger partial charge is 0.151 e. The van der Waals surface area contributed by atoms with E-state index in [0.29, 0.717) is 5.92 Å². The molecule has 2 heterocycles. The molecule has 0 saturated heterocycles. The highest BCUT2D eigenvalue weighted by atomic mass is 32.6. The van der Waals surface area contributed by atoms with E-state index in [2.05, 4.69) is 40.3 Å². The fraction of sp³-hybridized carbons (Fsp3) is 0.833. The van der Waals surface area contributed by atoms with E-state index in [9.17, 15) is 0 Å². The Kier molecular flexibility index (Phi) is 3.83. The predicted molar refractivity (Wildman–Crippen MR) is 69.1 cm³/mol. The molecule has 14 heavy (non-hydrogen) atoms. The molecule has 0 radical (unpaired) electrons. The van der Waals surface area contributed by atoms with Crippen LogP contribution in [0.25, 0.3) is 0 Å². The van der Waals surface area contributed by atoms with Crippen LogP contribution < -0.4 is 0 Å². The molecule has 0 saturated carbocycles. The van der Waals surface area contributed by atoms with Gasteiger partial charge in [-0.1, -0.05) is 22.2 Å². The lowest BCUT2D eigenvalue weighted by molar-refractivity contribution is 0.373. The number of tetrazole rings is 1. The van der Waals surface area contributed by atoms with Gasteiger partial charge in [-0.25, -0.2) is 4.68 Å². The number of hydrogen-bond acceptors (Lipinski definition) is 3. The second kappa shape index (κ2) is 4.75. The zero-order chi connectivity index (χ0) is 10.1. The lowest BCUT2D eigenvalue weighted by Crippen LogP contribution is -2.30. The van der Waals surface area contributed by atoms with E-state index in [1.54, 1.807) is 0 Å². The van der Waals surface area contributed by atoms with Crippen LogP contribution in [0.5, 0.6) is 0 Å². The zero-order valence-electron chi connectivity index (χ0n) is 7.96. The van der Waals surface area contributed by atoms with Crippen molar-refractivity contribution >= 4 is 33.1 Å². The fourth-order valence-corrected chi connectivity index (χ4v) is 7.49. The lowest BCUT2D eigenvalue weighted by atomic mass is 10.0. The Bertz CT molecular complexity index is 317. The summed E-state index contributed by atoms with van der Waals surface area (Å²) in [5.41, 5.74) is 0.768. The first-order valence-corrected chi connectivity index (χ1v) is 11.2. The van der Waals surface area contributed by atoms with Gasteiger partial charge in [-0.2, -0.15) is 0 Å². The summed E-state index contributed by atoms with van der Waals surface area (Å²) in [6.07, 6.45) is 1.05. The van der Waals surface area contributed by atoms with Crippen LogP contribution in [-0.4, -0.2) is 25.9 Å². The van der Waals surface area contributed by atoms with Crippen LogP contribution >= 0.6 is 33.1 Å². The summed E-state index contributed by atoms with van der Waals surface area (Å²) in [6.45, 7) is 3.29. The molecule has 0 aromatic carbocycles. The van der Waals surface area contributed by atoms with Crippen molar-refractivity contribution in [3.8, 4) is 0 Å². The third-order valence-corrected chi connectivity index (χ3v) is 14.1. The standard InChI is InChI=1S/C6H14N4P4/c1-4-3-10-6(7-8-9-10)2-5(4)14(12)13-11/h4-5,13H,2-3,11-12H2,1H3/t4-,5+,14?/m1/s1. The van der Waals surface area contributed by atoms with E-state index in [4.69, 9.17) is 0 Å². The molecule has 1 aromatic heterocycles. The largest absolute Gasteiger partial charge is 0.229 e. The molecular formula is C6H14N4P4. The predicted octanol–water partition coefficient (Wildman–Crippen LogP) is 1.89. The van der Waals surface area contributed by atoms with Crippen molar-refractivity contribution in [3.63, 3.8) is 0 Å². The third kappa shape index (κ3) is 2.14. The second-order valence-electron chi connectivity index (χ2n) is 3.56. The molecule has 0 amide bonds. The first-order chi connectivity index (χ1) is 6.72. The molecule has 6 atom stereocenters. The van der Waals surface area contributed by atoms with Gasteiger partial charge in [0.15, 0.2) is 5.82 Å². The average Bonchev–Trinajstić information content (AvgIpc) is 2.62. The molecule has 8 heteroatoms. The fourth-order valence-electron chi connectivity index (χ4n) is 1.76. The minimum atomic E-state index is 0.0571. The molecule has 2 rings (SSSR count). The zero-order valence-corrected chi connectivity index (χ0v) is 12.2. The van der Waals surface area contributed by atoms with Gasteiger partial charge < -0.3 is 0 Å². The summed E-state index contributed by atoms with van der Waals surface area (Å²) in [4.78, 5) is 0. The normalized spacial score (nSPS) is 29.4. The molecule has 4 unspecified atom stereocenters. The van der Waals surface area contributed by atoms with Gasteiger partial charge in [0.05, 0.1) is 0 Å². The molecule has 4 nitrogen and oxygen atoms in total. The van der Waals surface area contributed by atoms with Gasteiger partial charge in [0.1, 0.15) is 0 Å². The summed E-state index contributed by atoms with van der Waals surface area (Å²) < 4.78 is 1.95. The summed E-state index contributed by atoms with van der Waals surface area (Å²) in [7, 11) is 6.90. The summed E-state index contributed by atoms with van der Waals surface area (Å²) in [5.74, 6) is 1.76. The van der Waals surface area contributed by atoms with Crippen molar-refractivity contribution in [3.05, 3.63) is 5.82 Å². The maximum absolute atomic E-state index is 4.06. The molecule has 1 aliphatic heterocycles. The maximum atomic E-state index is 4.06. The second-order valence-corrected chi connectivity index (χ2v) is 13.2. The van der Waals surface area contributed by atoms with Crippen molar-refractivity contribution < 1.29 is 0 Å². The minimum absolute atomic E-state index is 0.0571. The first-order valence-electron chi connectivity index (χ1n) is 4.47. The average molecular weight is 266 g/mol. The van der Waals surface area contributed by atoms with E-state index >= 15 is 0 Å². The topological polar surface area (TPSA) is 43.6 Å².